The van der Waals surface area contributed by atoms with Gasteiger partial charge in [0.15, 0.2) is 35.9 Å². The Balaban J connectivity index is 2.14. The van der Waals surface area contributed by atoms with E-state index in [2.05, 4.69) is 15.2 Å². The van der Waals surface area contributed by atoms with Crippen molar-refractivity contribution in [2.75, 3.05) is 12.5 Å². The molecule has 9 nitrogen and oxygen atoms in total. The fraction of sp³-hybridized carbons (Fsp3) is 0.214. The van der Waals surface area contributed by atoms with Gasteiger partial charge in [0.1, 0.15) is 0 Å². The Bertz CT molecular complexity index is 1030. The average Bonchev–Trinajstić information content (AvgIpc) is 3.17. The molecule has 0 unspecified atom stereocenters. The summed E-state index contributed by atoms with van der Waals surface area (Å²) in [6.07, 6.45) is 5.93. The highest BCUT2D eigenvalue weighted by atomic mass is 32.2. The van der Waals surface area contributed by atoms with Crippen molar-refractivity contribution in [1.29, 1.82) is 0 Å². The highest BCUT2D eigenvalue weighted by molar-refractivity contribution is 7.90. The molecule has 3 rings (SSSR count). The van der Waals surface area contributed by atoms with Gasteiger partial charge < -0.3 is 0 Å². The largest absolute Gasteiger partial charge is 0.257 e. The Morgan fingerprint density at radius 2 is 1.36 bits per heavy atom. The highest BCUT2D eigenvalue weighted by Crippen LogP contribution is 2.20. The van der Waals surface area contributed by atoms with Crippen LogP contribution in [0.5, 0.6) is 0 Å². The lowest BCUT2D eigenvalue weighted by Gasteiger charge is -2.17. The summed E-state index contributed by atoms with van der Waals surface area (Å²) in [7, 11) is -6.95. The predicted octanol–water partition coefficient (Wildman–Crippen LogP) is 0.377. The standard InChI is InChI=1S/C14H15N5O4S2/c1-24(20,21)12-6-9-18(16-12)14(11-5-3-4-8-15-11)19-10-7-13(17-19)25(2,22)23/h3-10,14H,1-2H3. The molecule has 0 atom stereocenters. The van der Waals surface area contributed by atoms with E-state index in [0.29, 0.717) is 5.69 Å². The summed E-state index contributed by atoms with van der Waals surface area (Å²) < 4.78 is 49.5. The van der Waals surface area contributed by atoms with Gasteiger partial charge in [0.2, 0.25) is 0 Å². The summed E-state index contributed by atoms with van der Waals surface area (Å²) in [5.74, 6) is 0. The normalized spacial score (nSPS) is 12.6. The summed E-state index contributed by atoms with van der Waals surface area (Å²) in [5.41, 5.74) is 0.522. The minimum atomic E-state index is -3.48. The van der Waals surface area contributed by atoms with Crippen molar-refractivity contribution in [3.63, 3.8) is 0 Å². The molecule has 0 aliphatic heterocycles. The molecule has 0 amide bonds. The number of nitrogens with zero attached hydrogens (tertiary/aromatic N) is 5. The van der Waals surface area contributed by atoms with Crippen LogP contribution in [0, 0.1) is 0 Å². The van der Waals surface area contributed by atoms with E-state index in [1.807, 2.05) is 0 Å². The van der Waals surface area contributed by atoms with Crippen LogP contribution in [0.1, 0.15) is 11.9 Å². The van der Waals surface area contributed by atoms with Crippen LogP contribution in [0.25, 0.3) is 0 Å². The van der Waals surface area contributed by atoms with Crippen LogP contribution in [-0.2, 0) is 19.7 Å². The number of aromatic nitrogens is 5. The third-order valence-electron chi connectivity index (χ3n) is 3.38. The van der Waals surface area contributed by atoms with Crippen LogP contribution in [0.2, 0.25) is 0 Å². The van der Waals surface area contributed by atoms with Gasteiger partial charge in [0.05, 0.1) is 5.69 Å². The Hall–Kier alpha value is -2.53. The zero-order valence-corrected chi connectivity index (χ0v) is 15.0. The summed E-state index contributed by atoms with van der Waals surface area (Å²) in [5, 5.41) is 7.98. The second-order valence-electron chi connectivity index (χ2n) is 5.44. The Labute approximate surface area is 144 Å². The minimum absolute atomic E-state index is 0.0936. The molecule has 25 heavy (non-hydrogen) atoms. The monoisotopic (exact) mass is 381 g/mol. The van der Waals surface area contributed by atoms with E-state index in [1.165, 1.54) is 33.9 Å². The van der Waals surface area contributed by atoms with Crippen LogP contribution in [0.15, 0.2) is 59.0 Å². The van der Waals surface area contributed by atoms with Crippen molar-refractivity contribution in [1.82, 2.24) is 24.5 Å². The van der Waals surface area contributed by atoms with E-state index in [0.717, 1.165) is 12.5 Å². The van der Waals surface area contributed by atoms with Gasteiger partial charge in [-0.1, -0.05) is 6.07 Å². The van der Waals surface area contributed by atoms with Gasteiger partial charge in [-0.2, -0.15) is 10.2 Å². The van der Waals surface area contributed by atoms with Crippen molar-refractivity contribution >= 4 is 19.7 Å². The molecule has 0 aromatic carbocycles. The smallest absolute Gasteiger partial charge is 0.194 e. The molecule has 0 aliphatic carbocycles. The summed E-state index contributed by atoms with van der Waals surface area (Å²) in [6.45, 7) is 0. The molecule has 3 aromatic heterocycles. The first kappa shape index (κ1) is 17.3. The molecule has 0 N–H and O–H groups in total. The van der Waals surface area contributed by atoms with Crippen LogP contribution in [-0.4, -0.2) is 53.9 Å². The number of rotatable bonds is 5. The molecular formula is C14H15N5O4S2. The second-order valence-corrected chi connectivity index (χ2v) is 9.37. The Kier molecular flexibility index (Phi) is 4.21. The Morgan fingerprint density at radius 1 is 0.840 bits per heavy atom. The molecule has 0 saturated carbocycles. The molecular weight excluding hydrogens is 366 g/mol. The third kappa shape index (κ3) is 3.61. The molecule has 0 radical (unpaired) electrons. The maximum atomic E-state index is 11.7. The van der Waals surface area contributed by atoms with E-state index in [1.54, 1.807) is 24.4 Å². The van der Waals surface area contributed by atoms with E-state index in [4.69, 9.17) is 0 Å². The van der Waals surface area contributed by atoms with Crippen molar-refractivity contribution in [2.45, 2.75) is 16.2 Å². The lowest BCUT2D eigenvalue weighted by atomic mass is 10.3. The molecule has 0 fully saturated rings. The molecule has 0 aliphatic rings. The van der Waals surface area contributed by atoms with Crippen LogP contribution in [0.3, 0.4) is 0 Å². The van der Waals surface area contributed by atoms with E-state index in [9.17, 15) is 16.8 Å². The van der Waals surface area contributed by atoms with Gasteiger partial charge >= 0.3 is 0 Å². The first-order valence-corrected chi connectivity index (χ1v) is 10.9. The summed E-state index contributed by atoms with van der Waals surface area (Å²) >= 11 is 0. The number of sulfone groups is 2. The van der Waals surface area contributed by atoms with Gasteiger partial charge in [-0.05, 0) is 24.3 Å². The van der Waals surface area contributed by atoms with Crippen LogP contribution < -0.4 is 0 Å². The molecule has 0 saturated heterocycles. The molecule has 3 aromatic rings. The lowest BCUT2D eigenvalue weighted by molar-refractivity contribution is 0.398. The van der Waals surface area contributed by atoms with Crippen molar-refractivity contribution in [2.24, 2.45) is 0 Å². The fourth-order valence-electron chi connectivity index (χ4n) is 2.23. The molecule has 3 heterocycles. The van der Waals surface area contributed by atoms with E-state index < -0.39 is 25.8 Å². The lowest BCUT2D eigenvalue weighted by Crippen LogP contribution is -2.22. The van der Waals surface area contributed by atoms with E-state index >= 15 is 0 Å². The maximum Gasteiger partial charge on any atom is 0.194 e. The first-order chi connectivity index (χ1) is 11.7. The van der Waals surface area contributed by atoms with Crippen molar-refractivity contribution in [3.8, 4) is 0 Å². The molecule has 132 valence electrons. The SMILES string of the molecule is CS(=O)(=O)c1ccn(C(c2ccccn2)n2ccc(S(C)(=O)=O)n2)n1. The average molecular weight is 381 g/mol. The molecule has 0 spiro atoms. The van der Waals surface area contributed by atoms with Crippen molar-refractivity contribution in [3.05, 3.63) is 54.6 Å². The third-order valence-corrected chi connectivity index (χ3v) is 5.34. The molecule has 11 heteroatoms. The molecule has 0 bridgehead atoms. The zero-order valence-electron chi connectivity index (χ0n) is 13.4. The van der Waals surface area contributed by atoms with Gasteiger partial charge in [-0.15, -0.1) is 0 Å². The van der Waals surface area contributed by atoms with Gasteiger partial charge in [-0.25, -0.2) is 26.2 Å². The predicted molar refractivity (Wildman–Crippen MR) is 88.4 cm³/mol. The maximum absolute atomic E-state index is 11.7. The second kappa shape index (κ2) is 6.08. The van der Waals surface area contributed by atoms with Crippen molar-refractivity contribution < 1.29 is 16.8 Å². The van der Waals surface area contributed by atoms with Crippen LogP contribution in [0.4, 0.5) is 0 Å². The fourth-order valence-corrected chi connectivity index (χ4v) is 3.33. The van der Waals surface area contributed by atoms with Gasteiger partial charge in [-0.3, -0.25) is 4.98 Å². The van der Waals surface area contributed by atoms with Gasteiger partial charge in [0.25, 0.3) is 0 Å². The minimum Gasteiger partial charge on any atom is -0.257 e. The topological polar surface area (TPSA) is 117 Å². The van der Waals surface area contributed by atoms with Crippen LogP contribution >= 0.6 is 0 Å². The number of hydrogen-bond donors (Lipinski definition) is 0. The van der Waals surface area contributed by atoms with E-state index in [-0.39, 0.29) is 10.1 Å². The zero-order chi connectivity index (χ0) is 18.2. The first-order valence-electron chi connectivity index (χ1n) is 7.07. The van der Waals surface area contributed by atoms with Gasteiger partial charge in [0, 0.05) is 31.1 Å². The number of hydrogen-bond acceptors (Lipinski definition) is 7. The number of pyridine rings is 1. The highest BCUT2D eigenvalue weighted by Gasteiger charge is 2.23. The summed E-state index contributed by atoms with van der Waals surface area (Å²) in [4.78, 5) is 4.25. The Morgan fingerprint density at radius 3 is 1.72 bits per heavy atom. The quantitative estimate of drug-likeness (QED) is 0.627. The summed E-state index contributed by atoms with van der Waals surface area (Å²) in [6, 6.07) is 7.95.